The zero-order valence-electron chi connectivity index (χ0n) is 11.0. The molecule has 3 rings (SSSR count). The van der Waals surface area contributed by atoms with Crippen LogP contribution in [0.2, 0.25) is 0 Å². The van der Waals surface area contributed by atoms with Gasteiger partial charge in [0.2, 0.25) is 0 Å². The third-order valence-corrected chi connectivity index (χ3v) is 4.65. The van der Waals surface area contributed by atoms with Crippen LogP contribution in [0.1, 0.15) is 41.6 Å². The number of halogens is 1. The molecule has 0 radical (unpaired) electrons. The van der Waals surface area contributed by atoms with Crippen LogP contribution in [0.3, 0.4) is 0 Å². The highest BCUT2D eigenvalue weighted by Gasteiger charge is 2.43. The molecule has 2 saturated heterocycles. The summed E-state index contributed by atoms with van der Waals surface area (Å²) in [7, 11) is 0. The third kappa shape index (κ3) is 2.20. The Morgan fingerprint density at radius 3 is 2.58 bits per heavy atom. The van der Waals surface area contributed by atoms with E-state index >= 15 is 0 Å². The quantitative estimate of drug-likeness (QED) is 0.803. The lowest BCUT2D eigenvalue weighted by atomic mass is 10.00. The number of aromatic hydroxyl groups is 1. The number of rotatable bonds is 1. The molecule has 2 aliphatic rings. The van der Waals surface area contributed by atoms with Gasteiger partial charge in [-0.2, -0.15) is 0 Å². The number of benzene rings is 1. The van der Waals surface area contributed by atoms with Gasteiger partial charge < -0.3 is 10.0 Å². The van der Waals surface area contributed by atoms with Crippen molar-refractivity contribution in [3.63, 3.8) is 0 Å². The van der Waals surface area contributed by atoms with Crippen molar-refractivity contribution >= 4 is 17.5 Å². The summed E-state index contributed by atoms with van der Waals surface area (Å²) in [5.74, 6) is 0.0280. The Morgan fingerprint density at radius 2 is 1.95 bits per heavy atom. The Hall–Kier alpha value is -1.22. The molecule has 3 nitrogen and oxygen atoms in total. The number of phenols is 1. The molecule has 1 amide bonds. The zero-order valence-corrected chi connectivity index (χ0v) is 11.7. The maximum atomic E-state index is 12.7. The van der Waals surface area contributed by atoms with Crippen molar-refractivity contribution in [1.29, 1.82) is 0 Å². The smallest absolute Gasteiger partial charge is 0.258 e. The van der Waals surface area contributed by atoms with E-state index in [1.807, 2.05) is 17.9 Å². The van der Waals surface area contributed by atoms with Gasteiger partial charge in [-0.05, 0) is 44.7 Å². The fraction of sp³-hybridized carbons (Fsp3) is 0.533. The average Bonchev–Trinajstić information content (AvgIpc) is 2.64. The molecular formula is C15H18ClNO2. The number of amides is 1. The third-order valence-electron chi connectivity index (χ3n) is 4.29. The summed E-state index contributed by atoms with van der Waals surface area (Å²) in [6.07, 6.45) is 3.81. The minimum Gasteiger partial charge on any atom is -0.507 e. The van der Waals surface area contributed by atoms with Crippen LogP contribution in [0.5, 0.6) is 5.75 Å². The maximum absolute atomic E-state index is 12.7. The summed E-state index contributed by atoms with van der Waals surface area (Å²) < 4.78 is 0. The van der Waals surface area contributed by atoms with Gasteiger partial charge in [-0.1, -0.05) is 11.6 Å². The number of aryl methyl sites for hydroxylation is 1. The van der Waals surface area contributed by atoms with Crippen LogP contribution in [0.4, 0.5) is 0 Å². The second kappa shape index (κ2) is 4.71. The normalized spacial score (nSPS) is 29.6. The Balaban J connectivity index is 1.90. The molecular weight excluding hydrogens is 262 g/mol. The highest BCUT2D eigenvalue weighted by molar-refractivity contribution is 6.20. The van der Waals surface area contributed by atoms with Crippen molar-refractivity contribution in [2.24, 2.45) is 0 Å². The fourth-order valence-corrected chi connectivity index (χ4v) is 3.81. The van der Waals surface area contributed by atoms with E-state index in [-0.39, 0.29) is 29.1 Å². The number of phenolic OH excluding ortho intramolecular Hbond substituents is 1. The molecule has 0 spiro atoms. The number of hydrogen-bond donors (Lipinski definition) is 1. The van der Waals surface area contributed by atoms with Crippen molar-refractivity contribution in [2.45, 2.75) is 50.1 Å². The highest BCUT2D eigenvalue weighted by atomic mass is 35.5. The van der Waals surface area contributed by atoms with Gasteiger partial charge in [0.1, 0.15) is 5.75 Å². The van der Waals surface area contributed by atoms with Gasteiger partial charge >= 0.3 is 0 Å². The molecule has 1 aromatic rings. The van der Waals surface area contributed by atoms with Gasteiger partial charge in [0, 0.05) is 17.5 Å². The molecule has 2 atom stereocenters. The van der Waals surface area contributed by atoms with Gasteiger partial charge in [0.15, 0.2) is 0 Å². The first kappa shape index (κ1) is 12.8. The molecule has 2 heterocycles. The number of carbonyl (C=O) groups is 1. The Morgan fingerprint density at radius 1 is 1.32 bits per heavy atom. The molecule has 4 heteroatoms. The second-order valence-corrected chi connectivity index (χ2v) is 6.30. The van der Waals surface area contributed by atoms with E-state index in [1.54, 1.807) is 12.1 Å². The van der Waals surface area contributed by atoms with E-state index in [2.05, 4.69) is 0 Å². The van der Waals surface area contributed by atoms with E-state index < -0.39 is 0 Å². The van der Waals surface area contributed by atoms with Crippen LogP contribution >= 0.6 is 11.6 Å². The first-order valence-electron chi connectivity index (χ1n) is 6.82. The van der Waals surface area contributed by atoms with Gasteiger partial charge in [-0.15, -0.1) is 11.6 Å². The van der Waals surface area contributed by atoms with Crippen molar-refractivity contribution in [3.05, 3.63) is 29.3 Å². The summed E-state index contributed by atoms with van der Waals surface area (Å²) in [6.45, 7) is 1.93. The summed E-state index contributed by atoms with van der Waals surface area (Å²) >= 11 is 6.23. The minimum atomic E-state index is -0.0442. The monoisotopic (exact) mass is 279 g/mol. The molecule has 19 heavy (non-hydrogen) atoms. The van der Waals surface area contributed by atoms with E-state index in [1.165, 1.54) is 0 Å². The lowest BCUT2D eigenvalue weighted by Crippen LogP contribution is -2.47. The lowest BCUT2D eigenvalue weighted by Gasteiger charge is -2.37. The van der Waals surface area contributed by atoms with Gasteiger partial charge in [-0.25, -0.2) is 0 Å². The number of hydrogen-bond acceptors (Lipinski definition) is 2. The average molecular weight is 280 g/mol. The summed E-state index contributed by atoms with van der Waals surface area (Å²) in [4.78, 5) is 14.6. The largest absolute Gasteiger partial charge is 0.507 e. The standard InChI is InChI=1S/C15H18ClNO2/c1-9-2-5-14(18)13(6-9)15(19)17-11-3-4-12(17)8-10(16)7-11/h2,5-6,10-12,18H,3-4,7-8H2,1H3. The predicted octanol–water partition coefficient (Wildman–Crippen LogP) is 3.08. The summed E-state index contributed by atoms with van der Waals surface area (Å²) in [5.41, 5.74) is 1.41. The molecule has 0 aliphatic carbocycles. The van der Waals surface area contributed by atoms with Crippen molar-refractivity contribution in [1.82, 2.24) is 4.90 Å². The van der Waals surface area contributed by atoms with Gasteiger partial charge in [0.25, 0.3) is 5.91 Å². The van der Waals surface area contributed by atoms with Crippen LogP contribution in [-0.4, -0.2) is 33.4 Å². The molecule has 2 unspecified atom stereocenters. The van der Waals surface area contributed by atoms with E-state index in [4.69, 9.17) is 11.6 Å². The second-order valence-electron chi connectivity index (χ2n) is 5.69. The SMILES string of the molecule is Cc1ccc(O)c(C(=O)N2C3CCC2CC(Cl)C3)c1. The van der Waals surface area contributed by atoms with Gasteiger partial charge in [-0.3, -0.25) is 4.79 Å². The van der Waals surface area contributed by atoms with E-state index in [0.29, 0.717) is 5.56 Å². The Labute approximate surface area is 118 Å². The number of alkyl halides is 1. The molecule has 0 aromatic heterocycles. The number of carbonyl (C=O) groups excluding carboxylic acids is 1. The first-order valence-corrected chi connectivity index (χ1v) is 7.26. The zero-order chi connectivity index (χ0) is 13.6. The summed E-state index contributed by atoms with van der Waals surface area (Å²) in [5, 5.41) is 10.1. The Kier molecular flexibility index (Phi) is 3.17. The lowest BCUT2D eigenvalue weighted by molar-refractivity contribution is 0.0596. The van der Waals surface area contributed by atoms with Crippen LogP contribution in [0.25, 0.3) is 0 Å². The van der Waals surface area contributed by atoms with E-state index in [0.717, 1.165) is 31.2 Å². The van der Waals surface area contributed by atoms with Crippen molar-refractivity contribution in [2.75, 3.05) is 0 Å². The summed E-state index contributed by atoms with van der Waals surface area (Å²) in [6, 6.07) is 5.66. The predicted molar refractivity (Wildman–Crippen MR) is 74.7 cm³/mol. The highest BCUT2D eigenvalue weighted by Crippen LogP contribution is 2.39. The van der Waals surface area contributed by atoms with Crippen LogP contribution in [0, 0.1) is 6.92 Å². The van der Waals surface area contributed by atoms with E-state index in [9.17, 15) is 9.90 Å². The maximum Gasteiger partial charge on any atom is 0.258 e. The number of nitrogens with zero attached hydrogens (tertiary/aromatic N) is 1. The van der Waals surface area contributed by atoms with Crippen LogP contribution < -0.4 is 0 Å². The number of piperidine rings is 1. The minimum absolute atomic E-state index is 0.0442. The van der Waals surface area contributed by atoms with Crippen LogP contribution in [0.15, 0.2) is 18.2 Å². The molecule has 2 bridgehead atoms. The fourth-order valence-electron chi connectivity index (χ4n) is 3.40. The first-order chi connectivity index (χ1) is 9.06. The Bertz CT molecular complexity index is 503. The van der Waals surface area contributed by atoms with Crippen LogP contribution in [-0.2, 0) is 0 Å². The molecule has 1 aromatic carbocycles. The van der Waals surface area contributed by atoms with Crippen molar-refractivity contribution < 1.29 is 9.90 Å². The van der Waals surface area contributed by atoms with Gasteiger partial charge in [0.05, 0.1) is 5.56 Å². The van der Waals surface area contributed by atoms with Crippen molar-refractivity contribution in [3.8, 4) is 5.75 Å². The molecule has 0 saturated carbocycles. The topological polar surface area (TPSA) is 40.5 Å². The number of fused-ring (bicyclic) bond motifs is 2. The molecule has 1 N–H and O–H groups in total. The molecule has 2 aliphatic heterocycles. The molecule has 2 fully saturated rings. The molecule has 102 valence electrons.